The van der Waals surface area contributed by atoms with Crippen LogP contribution >= 0.6 is 34.3 Å². The summed E-state index contributed by atoms with van der Waals surface area (Å²) < 4.78 is 5.79. The number of ether oxygens (including phenoxy) is 1. The summed E-state index contributed by atoms with van der Waals surface area (Å²) in [5, 5.41) is 3.47. The van der Waals surface area contributed by atoms with Gasteiger partial charge < -0.3 is 9.64 Å². The van der Waals surface area contributed by atoms with Gasteiger partial charge in [0.25, 0.3) is 0 Å². The minimum absolute atomic E-state index is 0.511. The summed E-state index contributed by atoms with van der Waals surface area (Å²) in [5.74, 6) is 1.56. The number of fused-ring (bicyclic) bond motifs is 1. The van der Waals surface area contributed by atoms with Crippen LogP contribution in [0.1, 0.15) is 5.56 Å². The molecule has 28 heavy (non-hydrogen) atoms. The highest BCUT2D eigenvalue weighted by Gasteiger charge is 2.17. The third-order valence-corrected chi connectivity index (χ3v) is 6.79. The second-order valence-electron chi connectivity index (χ2n) is 6.73. The summed E-state index contributed by atoms with van der Waals surface area (Å²) in [4.78, 5) is 14.5. The van der Waals surface area contributed by atoms with Crippen molar-refractivity contribution in [1.29, 1.82) is 0 Å². The van der Waals surface area contributed by atoms with Crippen molar-refractivity contribution in [3.05, 3.63) is 52.5 Å². The van der Waals surface area contributed by atoms with E-state index in [-0.39, 0.29) is 0 Å². The fourth-order valence-electron chi connectivity index (χ4n) is 2.93. The van der Waals surface area contributed by atoms with Crippen LogP contribution in [0.15, 0.2) is 41.8 Å². The summed E-state index contributed by atoms with van der Waals surface area (Å²) >= 11 is 9.80. The number of aromatic nitrogens is 2. The van der Waals surface area contributed by atoms with Gasteiger partial charge in [-0.05, 0) is 67.9 Å². The van der Waals surface area contributed by atoms with E-state index in [2.05, 4.69) is 28.9 Å². The predicted octanol–water partition coefficient (Wildman–Crippen LogP) is 5.99. The van der Waals surface area contributed by atoms with Gasteiger partial charge in [0.15, 0.2) is 5.82 Å². The lowest BCUT2D eigenvalue weighted by atomic mass is 10.1. The lowest BCUT2D eigenvalue weighted by Gasteiger charge is -2.11. The number of rotatable bonds is 6. The molecule has 0 aliphatic heterocycles. The molecular formula is C21H20ClN3OS2. The largest absolute Gasteiger partial charge is 0.492 e. The molecule has 4 aromatic rings. The highest BCUT2D eigenvalue weighted by molar-refractivity contribution is 7.22. The molecule has 0 fully saturated rings. The van der Waals surface area contributed by atoms with Crippen molar-refractivity contribution in [2.45, 2.75) is 6.92 Å². The minimum Gasteiger partial charge on any atom is -0.492 e. The molecule has 0 radical (unpaired) electrons. The first-order valence-electron chi connectivity index (χ1n) is 8.91. The summed E-state index contributed by atoms with van der Waals surface area (Å²) in [6.45, 7) is 3.64. The van der Waals surface area contributed by atoms with E-state index in [1.807, 2.05) is 43.7 Å². The molecule has 0 saturated carbocycles. The topological polar surface area (TPSA) is 38.2 Å². The number of likely N-dealkylation sites (N-methyl/N-ethyl adjacent to an activating group) is 1. The van der Waals surface area contributed by atoms with Crippen molar-refractivity contribution in [1.82, 2.24) is 14.9 Å². The lowest BCUT2D eigenvalue weighted by Crippen LogP contribution is -2.19. The Morgan fingerprint density at radius 3 is 2.57 bits per heavy atom. The third-order valence-electron chi connectivity index (χ3n) is 4.41. The van der Waals surface area contributed by atoms with Crippen LogP contribution < -0.4 is 4.74 Å². The van der Waals surface area contributed by atoms with Crippen molar-refractivity contribution in [2.75, 3.05) is 27.2 Å². The zero-order valence-electron chi connectivity index (χ0n) is 15.9. The van der Waals surface area contributed by atoms with Crippen LogP contribution in [0, 0.1) is 6.92 Å². The van der Waals surface area contributed by atoms with Crippen LogP contribution in [0.25, 0.3) is 31.4 Å². The van der Waals surface area contributed by atoms with Crippen LogP contribution in [0.3, 0.4) is 0 Å². The quantitative estimate of drug-likeness (QED) is 0.353. The van der Waals surface area contributed by atoms with Crippen LogP contribution in [0.5, 0.6) is 5.75 Å². The van der Waals surface area contributed by atoms with E-state index in [1.165, 1.54) is 0 Å². The number of hydrogen-bond donors (Lipinski definition) is 0. The van der Waals surface area contributed by atoms with Crippen LogP contribution in [-0.4, -0.2) is 42.1 Å². The van der Waals surface area contributed by atoms with Gasteiger partial charge in [-0.15, -0.1) is 22.7 Å². The Bertz CT molecular complexity index is 1090. The van der Waals surface area contributed by atoms with Crippen LogP contribution in [0.2, 0.25) is 5.15 Å². The van der Waals surface area contributed by atoms with E-state index in [4.69, 9.17) is 21.3 Å². The molecule has 4 rings (SSSR count). The lowest BCUT2D eigenvalue weighted by molar-refractivity contribution is 0.261. The van der Waals surface area contributed by atoms with Gasteiger partial charge in [0.05, 0.1) is 10.3 Å². The molecule has 1 aromatic carbocycles. The highest BCUT2D eigenvalue weighted by atomic mass is 35.5. The smallest absolute Gasteiger partial charge is 0.172 e. The zero-order valence-corrected chi connectivity index (χ0v) is 18.3. The number of aryl methyl sites for hydroxylation is 1. The molecule has 0 saturated heterocycles. The van der Waals surface area contributed by atoms with Crippen LogP contribution in [0.4, 0.5) is 0 Å². The highest BCUT2D eigenvalue weighted by Crippen LogP contribution is 2.41. The molecule has 0 aliphatic rings. The van der Waals surface area contributed by atoms with Gasteiger partial charge in [-0.2, -0.15) is 0 Å². The van der Waals surface area contributed by atoms with Crippen molar-refractivity contribution in [3.8, 4) is 26.9 Å². The van der Waals surface area contributed by atoms with Gasteiger partial charge >= 0.3 is 0 Å². The molecule has 0 amide bonds. The van der Waals surface area contributed by atoms with Gasteiger partial charge in [-0.3, -0.25) is 0 Å². The molecule has 0 N–H and O–H groups in total. The van der Waals surface area contributed by atoms with Crippen molar-refractivity contribution < 1.29 is 4.74 Å². The molecule has 0 aliphatic carbocycles. The summed E-state index contributed by atoms with van der Waals surface area (Å²) in [6.07, 6.45) is 0. The Morgan fingerprint density at radius 1 is 1.11 bits per heavy atom. The van der Waals surface area contributed by atoms with E-state index in [0.717, 1.165) is 43.4 Å². The van der Waals surface area contributed by atoms with E-state index in [1.54, 1.807) is 22.7 Å². The van der Waals surface area contributed by atoms with Gasteiger partial charge in [0.1, 0.15) is 22.3 Å². The first-order chi connectivity index (χ1) is 13.5. The van der Waals surface area contributed by atoms with Crippen molar-refractivity contribution in [3.63, 3.8) is 0 Å². The standard InChI is InChI=1S/C21H20ClN3OS2/c1-13-17-19(22)23-20(16-5-4-12-27-16)24-21(17)28-18(13)14-6-8-15(9-7-14)26-11-10-25(2)3/h4-9,12H,10-11H2,1-3H3. The zero-order chi connectivity index (χ0) is 19.7. The fraction of sp³-hybridized carbons (Fsp3) is 0.238. The Labute approximate surface area is 177 Å². The maximum Gasteiger partial charge on any atom is 0.172 e. The molecule has 0 bridgehead atoms. The number of hydrogen-bond acceptors (Lipinski definition) is 6. The van der Waals surface area contributed by atoms with Crippen molar-refractivity contribution >= 4 is 44.5 Å². The number of thiophene rings is 2. The number of nitrogens with zero attached hydrogens (tertiary/aromatic N) is 3. The first-order valence-corrected chi connectivity index (χ1v) is 11.0. The summed E-state index contributed by atoms with van der Waals surface area (Å²) in [6, 6.07) is 12.2. The van der Waals surface area contributed by atoms with Gasteiger partial charge in [0.2, 0.25) is 0 Å². The third kappa shape index (κ3) is 3.91. The van der Waals surface area contributed by atoms with Crippen molar-refractivity contribution in [2.24, 2.45) is 0 Å². The molecule has 0 unspecified atom stereocenters. The first kappa shape index (κ1) is 19.3. The predicted molar refractivity (Wildman–Crippen MR) is 120 cm³/mol. The molecule has 0 spiro atoms. The Morgan fingerprint density at radius 2 is 1.89 bits per heavy atom. The Balaban J connectivity index is 1.65. The normalized spacial score (nSPS) is 11.5. The average molecular weight is 430 g/mol. The van der Waals surface area contributed by atoms with Crippen LogP contribution in [-0.2, 0) is 0 Å². The fourth-order valence-corrected chi connectivity index (χ4v) is 5.14. The summed E-state index contributed by atoms with van der Waals surface area (Å²) in [7, 11) is 4.07. The van der Waals surface area contributed by atoms with E-state index < -0.39 is 0 Å². The average Bonchev–Trinajstić information content (AvgIpc) is 3.31. The molecule has 7 heteroatoms. The number of benzene rings is 1. The van der Waals surface area contributed by atoms with Gasteiger partial charge in [-0.25, -0.2) is 9.97 Å². The van der Waals surface area contributed by atoms with E-state index >= 15 is 0 Å². The van der Waals surface area contributed by atoms with E-state index in [0.29, 0.717) is 17.6 Å². The molecule has 4 nitrogen and oxygen atoms in total. The second kappa shape index (κ2) is 8.17. The maximum atomic E-state index is 6.53. The molecule has 0 atom stereocenters. The van der Waals surface area contributed by atoms with Gasteiger partial charge in [0, 0.05) is 11.4 Å². The Hall–Kier alpha value is -1.99. The Kier molecular flexibility index (Phi) is 5.64. The van der Waals surface area contributed by atoms with Gasteiger partial charge in [-0.1, -0.05) is 17.7 Å². The SMILES string of the molecule is Cc1c(-c2ccc(OCCN(C)C)cc2)sc2nc(-c3cccs3)nc(Cl)c12. The molecule has 3 heterocycles. The molecular weight excluding hydrogens is 410 g/mol. The minimum atomic E-state index is 0.511. The second-order valence-corrected chi connectivity index (χ2v) is 9.03. The van der Waals surface area contributed by atoms with E-state index in [9.17, 15) is 0 Å². The summed E-state index contributed by atoms with van der Waals surface area (Å²) in [5.41, 5.74) is 2.25. The molecule has 3 aromatic heterocycles. The number of halogens is 1. The monoisotopic (exact) mass is 429 g/mol. The maximum absolute atomic E-state index is 6.53. The molecule has 144 valence electrons.